The quantitative estimate of drug-likeness (QED) is 0.836. The molecule has 1 amide bonds. The first-order chi connectivity index (χ1) is 8.70. The monoisotopic (exact) mass is 244 g/mol. The average molecular weight is 244 g/mol. The average Bonchev–Trinajstić information content (AvgIpc) is 2.81. The Kier molecular flexibility index (Phi) is 3.74. The molecule has 0 atom stereocenters. The molecule has 2 rings (SSSR count). The van der Waals surface area contributed by atoms with Crippen molar-refractivity contribution < 1.29 is 4.79 Å². The Morgan fingerprint density at radius 1 is 1.50 bits per heavy atom. The van der Waals surface area contributed by atoms with Crippen LogP contribution < -0.4 is 11.1 Å². The summed E-state index contributed by atoms with van der Waals surface area (Å²) in [7, 11) is 1.89. The molecule has 0 radical (unpaired) electrons. The highest BCUT2D eigenvalue weighted by atomic mass is 16.1. The lowest BCUT2D eigenvalue weighted by Gasteiger charge is -2.06. The van der Waals surface area contributed by atoms with Crippen LogP contribution in [0.5, 0.6) is 0 Å². The van der Waals surface area contributed by atoms with Crippen molar-refractivity contribution in [1.82, 2.24) is 14.9 Å². The molecule has 0 aliphatic heterocycles. The minimum Gasteiger partial charge on any atom is -0.345 e. The predicted octanol–water partition coefficient (Wildman–Crippen LogP) is 0.809. The van der Waals surface area contributed by atoms with Crippen LogP contribution in [0.15, 0.2) is 36.7 Å². The largest absolute Gasteiger partial charge is 0.345 e. The van der Waals surface area contributed by atoms with E-state index in [0.29, 0.717) is 18.7 Å². The van der Waals surface area contributed by atoms with Gasteiger partial charge in [-0.15, -0.1) is 0 Å². The van der Waals surface area contributed by atoms with Gasteiger partial charge in [0.15, 0.2) is 0 Å². The van der Waals surface area contributed by atoms with E-state index in [0.717, 1.165) is 11.4 Å². The maximum Gasteiger partial charge on any atom is 0.251 e. The number of nitrogens with one attached hydrogen (secondary N) is 1. The molecule has 2 aromatic rings. The van der Waals surface area contributed by atoms with Gasteiger partial charge in [-0.25, -0.2) is 4.98 Å². The van der Waals surface area contributed by atoms with Crippen LogP contribution in [0.2, 0.25) is 0 Å². The summed E-state index contributed by atoms with van der Waals surface area (Å²) >= 11 is 0. The Morgan fingerprint density at radius 2 is 2.33 bits per heavy atom. The Labute approximate surface area is 106 Å². The molecule has 18 heavy (non-hydrogen) atoms. The number of amides is 1. The van der Waals surface area contributed by atoms with E-state index in [4.69, 9.17) is 5.73 Å². The molecule has 0 fully saturated rings. The van der Waals surface area contributed by atoms with Gasteiger partial charge in [0.25, 0.3) is 5.91 Å². The van der Waals surface area contributed by atoms with Crippen LogP contribution >= 0.6 is 0 Å². The van der Waals surface area contributed by atoms with Crippen LogP contribution in [-0.2, 0) is 20.1 Å². The van der Waals surface area contributed by atoms with Gasteiger partial charge in [-0.3, -0.25) is 4.79 Å². The highest BCUT2D eigenvalue weighted by molar-refractivity contribution is 5.94. The van der Waals surface area contributed by atoms with Crippen molar-refractivity contribution in [3.63, 3.8) is 0 Å². The molecule has 0 aliphatic carbocycles. The summed E-state index contributed by atoms with van der Waals surface area (Å²) in [5, 5.41) is 2.83. The molecule has 1 aromatic heterocycles. The predicted molar refractivity (Wildman–Crippen MR) is 68.7 cm³/mol. The van der Waals surface area contributed by atoms with Crippen molar-refractivity contribution in [2.75, 3.05) is 0 Å². The summed E-state index contributed by atoms with van der Waals surface area (Å²) in [6, 6.07) is 7.30. The fourth-order valence-electron chi connectivity index (χ4n) is 1.67. The zero-order valence-electron chi connectivity index (χ0n) is 10.3. The molecular formula is C13H16N4O. The zero-order valence-corrected chi connectivity index (χ0v) is 10.3. The van der Waals surface area contributed by atoms with Gasteiger partial charge in [0.2, 0.25) is 0 Å². The highest BCUT2D eigenvalue weighted by Gasteiger charge is 2.07. The first-order valence-electron chi connectivity index (χ1n) is 5.74. The molecule has 0 saturated carbocycles. The number of carbonyl (C=O) groups is 1. The van der Waals surface area contributed by atoms with E-state index >= 15 is 0 Å². The number of hydrogen-bond acceptors (Lipinski definition) is 3. The summed E-state index contributed by atoms with van der Waals surface area (Å²) in [5.74, 6) is 0.701. The van der Waals surface area contributed by atoms with Gasteiger partial charge in [0, 0.05) is 31.5 Å². The van der Waals surface area contributed by atoms with Crippen LogP contribution in [-0.4, -0.2) is 15.5 Å². The number of carbonyl (C=O) groups excluding carboxylic acids is 1. The second-order valence-electron chi connectivity index (χ2n) is 4.04. The molecule has 0 unspecified atom stereocenters. The lowest BCUT2D eigenvalue weighted by Crippen LogP contribution is -2.24. The summed E-state index contributed by atoms with van der Waals surface area (Å²) < 4.78 is 1.87. The molecule has 3 N–H and O–H groups in total. The van der Waals surface area contributed by atoms with Gasteiger partial charge in [0.05, 0.1) is 6.54 Å². The van der Waals surface area contributed by atoms with Gasteiger partial charge in [-0.2, -0.15) is 0 Å². The minimum atomic E-state index is -0.117. The molecule has 1 heterocycles. The van der Waals surface area contributed by atoms with Gasteiger partial charge < -0.3 is 15.6 Å². The summed E-state index contributed by atoms with van der Waals surface area (Å²) in [6.45, 7) is 0.843. The Bertz CT molecular complexity index is 547. The number of nitrogens with two attached hydrogens (primary N) is 1. The Hall–Kier alpha value is -2.14. The lowest BCUT2D eigenvalue weighted by atomic mass is 10.1. The van der Waals surface area contributed by atoms with Crippen LogP contribution in [0.25, 0.3) is 0 Å². The fourth-order valence-corrected chi connectivity index (χ4v) is 1.67. The standard InChI is InChI=1S/C13H16N4O/c1-17-6-5-15-12(17)9-16-13(18)11-4-2-3-10(7-11)8-14/h2-7H,8-9,14H2,1H3,(H,16,18). The molecule has 0 saturated heterocycles. The Morgan fingerprint density at radius 3 is 3.00 bits per heavy atom. The van der Waals surface area contributed by atoms with Crippen LogP contribution in [0.4, 0.5) is 0 Å². The number of aromatic nitrogens is 2. The normalized spacial score (nSPS) is 10.3. The minimum absolute atomic E-state index is 0.117. The first-order valence-corrected chi connectivity index (χ1v) is 5.74. The molecule has 0 spiro atoms. The number of rotatable bonds is 4. The molecule has 0 bridgehead atoms. The second-order valence-corrected chi connectivity index (χ2v) is 4.04. The van der Waals surface area contributed by atoms with Crippen LogP contribution in [0, 0.1) is 0 Å². The van der Waals surface area contributed by atoms with E-state index in [1.807, 2.05) is 29.9 Å². The molecule has 0 aliphatic rings. The molecule has 94 valence electrons. The fraction of sp³-hybridized carbons (Fsp3) is 0.231. The van der Waals surface area contributed by atoms with E-state index in [1.54, 1.807) is 18.3 Å². The zero-order chi connectivity index (χ0) is 13.0. The van der Waals surface area contributed by atoms with E-state index in [-0.39, 0.29) is 5.91 Å². The van der Waals surface area contributed by atoms with Gasteiger partial charge in [-0.05, 0) is 17.7 Å². The third-order valence-corrected chi connectivity index (χ3v) is 2.75. The third-order valence-electron chi connectivity index (χ3n) is 2.75. The summed E-state index contributed by atoms with van der Waals surface area (Å²) in [6.07, 6.45) is 3.55. The van der Waals surface area contributed by atoms with E-state index < -0.39 is 0 Å². The molecule has 5 nitrogen and oxygen atoms in total. The lowest BCUT2D eigenvalue weighted by molar-refractivity contribution is 0.0949. The van der Waals surface area contributed by atoms with Crippen LogP contribution in [0.3, 0.4) is 0 Å². The maximum atomic E-state index is 11.9. The number of nitrogens with zero attached hydrogens (tertiary/aromatic N) is 2. The van der Waals surface area contributed by atoms with Crippen molar-refractivity contribution in [3.8, 4) is 0 Å². The van der Waals surface area contributed by atoms with Crippen molar-refractivity contribution in [2.45, 2.75) is 13.1 Å². The number of hydrogen-bond donors (Lipinski definition) is 2. The van der Waals surface area contributed by atoms with Gasteiger partial charge in [0.1, 0.15) is 5.82 Å². The highest BCUT2D eigenvalue weighted by Crippen LogP contribution is 2.05. The summed E-state index contributed by atoms with van der Waals surface area (Å²) in [4.78, 5) is 16.1. The van der Waals surface area contributed by atoms with E-state index in [9.17, 15) is 4.79 Å². The number of benzene rings is 1. The number of imidazole rings is 1. The van der Waals surface area contributed by atoms with Crippen molar-refractivity contribution in [3.05, 3.63) is 53.6 Å². The second kappa shape index (κ2) is 5.46. The molecule has 5 heteroatoms. The van der Waals surface area contributed by atoms with Crippen molar-refractivity contribution in [1.29, 1.82) is 0 Å². The van der Waals surface area contributed by atoms with Gasteiger partial charge >= 0.3 is 0 Å². The Balaban J connectivity index is 2.01. The smallest absolute Gasteiger partial charge is 0.251 e. The van der Waals surface area contributed by atoms with E-state index in [1.165, 1.54) is 0 Å². The molecule has 1 aromatic carbocycles. The van der Waals surface area contributed by atoms with Crippen LogP contribution in [0.1, 0.15) is 21.7 Å². The summed E-state index contributed by atoms with van der Waals surface area (Å²) in [5.41, 5.74) is 7.11. The SMILES string of the molecule is Cn1ccnc1CNC(=O)c1cccc(CN)c1. The van der Waals surface area contributed by atoms with Gasteiger partial charge in [-0.1, -0.05) is 12.1 Å². The van der Waals surface area contributed by atoms with Crippen molar-refractivity contribution >= 4 is 5.91 Å². The third kappa shape index (κ3) is 2.75. The first kappa shape index (κ1) is 12.3. The van der Waals surface area contributed by atoms with Crippen molar-refractivity contribution in [2.24, 2.45) is 12.8 Å². The van der Waals surface area contributed by atoms with E-state index in [2.05, 4.69) is 10.3 Å². The number of aryl methyl sites for hydroxylation is 1. The maximum absolute atomic E-state index is 11.9. The molecular weight excluding hydrogens is 228 g/mol. The topological polar surface area (TPSA) is 72.9 Å².